The highest BCUT2D eigenvalue weighted by Gasteiger charge is 2.24. The minimum atomic E-state index is -0.183. The number of phenolic OH excluding ortho intramolecular Hbond substituents is 1. The minimum absolute atomic E-state index is 0.0363. The monoisotopic (exact) mass is 364 g/mol. The summed E-state index contributed by atoms with van der Waals surface area (Å²) in [7, 11) is 0. The van der Waals surface area contributed by atoms with Crippen LogP contribution in [0.1, 0.15) is 15.9 Å². The van der Waals surface area contributed by atoms with Crippen LogP contribution in [0.4, 0.5) is 0 Å². The maximum atomic E-state index is 12.6. The van der Waals surface area contributed by atoms with Crippen molar-refractivity contribution < 1.29 is 9.90 Å². The first kappa shape index (κ1) is 17.1. The Morgan fingerprint density at radius 1 is 1.00 bits per heavy atom. The van der Waals surface area contributed by atoms with E-state index in [1.54, 1.807) is 11.0 Å². The lowest BCUT2D eigenvalue weighted by Crippen LogP contribution is -2.48. The molecule has 1 aliphatic rings. The van der Waals surface area contributed by atoms with Gasteiger partial charge in [-0.3, -0.25) is 9.69 Å². The molecule has 126 valence electrons. The average molecular weight is 365 g/mol. The first-order valence-electron chi connectivity index (χ1n) is 7.77. The van der Waals surface area contributed by atoms with E-state index in [1.165, 1.54) is 12.1 Å². The highest BCUT2D eigenvalue weighted by Crippen LogP contribution is 2.23. The van der Waals surface area contributed by atoms with Gasteiger partial charge in [-0.2, -0.15) is 0 Å². The van der Waals surface area contributed by atoms with Crippen LogP contribution in [0.15, 0.2) is 42.5 Å². The number of piperazine rings is 1. The summed E-state index contributed by atoms with van der Waals surface area (Å²) in [6.45, 7) is 3.60. The second-order valence-corrected chi connectivity index (χ2v) is 6.73. The number of carbonyl (C=O) groups is 1. The fourth-order valence-electron chi connectivity index (χ4n) is 2.85. The average Bonchev–Trinajstić information content (AvgIpc) is 2.57. The van der Waals surface area contributed by atoms with Crippen LogP contribution in [0, 0.1) is 0 Å². The van der Waals surface area contributed by atoms with Gasteiger partial charge in [0.1, 0.15) is 5.75 Å². The topological polar surface area (TPSA) is 43.8 Å². The third kappa shape index (κ3) is 4.01. The summed E-state index contributed by atoms with van der Waals surface area (Å²) >= 11 is 11.9. The first-order valence-corrected chi connectivity index (χ1v) is 8.53. The number of phenols is 1. The quantitative estimate of drug-likeness (QED) is 0.903. The molecule has 2 aromatic rings. The van der Waals surface area contributed by atoms with Gasteiger partial charge < -0.3 is 10.0 Å². The summed E-state index contributed by atoms with van der Waals surface area (Å²) in [5.41, 5.74) is 1.42. The Morgan fingerprint density at radius 2 is 1.71 bits per heavy atom. The zero-order valence-corrected chi connectivity index (χ0v) is 14.6. The SMILES string of the molecule is O=C(c1cc(Cl)ccc1O)N1CCN(Cc2cccc(Cl)c2)CC1. The molecule has 4 nitrogen and oxygen atoms in total. The van der Waals surface area contributed by atoms with Crippen LogP contribution in [0.5, 0.6) is 5.75 Å². The molecule has 1 aliphatic heterocycles. The Morgan fingerprint density at radius 3 is 2.42 bits per heavy atom. The van der Waals surface area contributed by atoms with E-state index in [0.717, 1.165) is 30.2 Å². The summed E-state index contributed by atoms with van der Waals surface area (Å²) in [5, 5.41) is 11.1. The lowest BCUT2D eigenvalue weighted by atomic mass is 10.1. The van der Waals surface area contributed by atoms with Crippen molar-refractivity contribution in [3.05, 3.63) is 63.6 Å². The van der Waals surface area contributed by atoms with E-state index in [9.17, 15) is 9.90 Å². The largest absolute Gasteiger partial charge is 0.507 e. The molecule has 0 spiro atoms. The van der Waals surface area contributed by atoms with Crippen LogP contribution < -0.4 is 0 Å². The minimum Gasteiger partial charge on any atom is -0.507 e. The molecule has 0 radical (unpaired) electrons. The Kier molecular flexibility index (Phi) is 5.29. The van der Waals surface area contributed by atoms with Crippen molar-refractivity contribution in [1.29, 1.82) is 0 Å². The Bertz CT molecular complexity index is 744. The number of aromatic hydroxyl groups is 1. The van der Waals surface area contributed by atoms with Crippen molar-refractivity contribution in [2.24, 2.45) is 0 Å². The van der Waals surface area contributed by atoms with Crippen LogP contribution in [-0.2, 0) is 6.54 Å². The van der Waals surface area contributed by atoms with Crippen molar-refractivity contribution in [3.8, 4) is 5.75 Å². The first-order chi connectivity index (χ1) is 11.5. The lowest BCUT2D eigenvalue weighted by Gasteiger charge is -2.35. The van der Waals surface area contributed by atoms with Crippen molar-refractivity contribution >= 4 is 29.1 Å². The predicted molar refractivity (Wildman–Crippen MR) is 95.7 cm³/mol. The number of benzene rings is 2. The predicted octanol–water partition coefficient (Wildman–Crippen LogP) is 3.66. The standard InChI is InChI=1S/C18H18Cl2N2O2/c19-14-3-1-2-13(10-14)12-21-6-8-22(9-7-21)18(24)16-11-15(20)4-5-17(16)23/h1-5,10-11,23H,6-9,12H2. The number of nitrogens with zero attached hydrogens (tertiary/aromatic N) is 2. The number of halogens is 2. The molecular weight excluding hydrogens is 347 g/mol. The fourth-order valence-corrected chi connectivity index (χ4v) is 3.24. The van der Waals surface area contributed by atoms with E-state index in [-0.39, 0.29) is 17.2 Å². The van der Waals surface area contributed by atoms with Crippen molar-refractivity contribution in [2.75, 3.05) is 26.2 Å². The van der Waals surface area contributed by atoms with Crippen molar-refractivity contribution in [1.82, 2.24) is 9.80 Å². The van der Waals surface area contributed by atoms with Gasteiger partial charge in [0.2, 0.25) is 0 Å². The van der Waals surface area contributed by atoms with Crippen molar-refractivity contribution in [3.63, 3.8) is 0 Å². The molecule has 24 heavy (non-hydrogen) atoms. The van der Waals surface area contributed by atoms with E-state index in [2.05, 4.69) is 4.90 Å². The van der Waals surface area contributed by atoms with Gasteiger partial charge in [-0.25, -0.2) is 0 Å². The van der Waals surface area contributed by atoms with Crippen LogP contribution in [0.2, 0.25) is 10.0 Å². The molecule has 2 aromatic carbocycles. The fraction of sp³-hybridized carbons (Fsp3) is 0.278. The van der Waals surface area contributed by atoms with Gasteiger partial charge >= 0.3 is 0 Å². The van der Waals surface area contributed by atoms with Gasteiger partial charge in [-0.15, -0.1) is 0 Å². The second-order valence-electron chi connectivity index (χ2n) is 5.86. The molecule has 1 heterocycles. The highest BCUT2D eigenvalue weighted by atomic mass is 35.5. The van der Waals surface area contributed by atoms with E-state index in [0.29, 0.717) is 18.1 Å². The Hall–Kier alpha value is -1.75. The highest BCUT2D eigenvalue weighted by molar-refractivity contribution is 6.31. The van der Waals surface area contributed by atoms with Gasteiger partial charge in [0.25, 0.3) is 5.91 Å². The lowest BCUT2D eigenvalue weighted by molar-refractivity contribution is 0.0625. The van der Waals surface area contributed by atoms with E-state index in [1.807, 2.05) is 24.3 Å². The van der Waals surface area contributed by atoms with Gasteiger partial charge in [0, 0.05) is 42.8 Å². The summed E-state index contributed by atoms with van der Waals surface area (Å²) < 4.78 is 0. The number of amides is 1. The second kappa shape index (κ2) is 7.43. The maximum absolute atomic E-state index is 12.6. The van der Waals surface area contributed by atoms with Gasteiger partial charge in [-0.05, 0) is 35.9 Å². The number of hydrogen-bond acceptors (Lipinski definition) is 3. The molecule has 0 unspecified atom stereocenters. The van der Waals surface area contributed by atoms with Gasteiger partial charge in [0.15, 0.2) is 0 Å². The van der Waals surface area contributed by atoms with Crippen LogP contribution in [0.25, 0.3) is 0 Å². The molecular formula is C18H18Cl2N2O2. The molecule has 0 aliphatic carbocycles. The zero-order chi connectivity index (χ0) is 17.1. The molecule has 6 heteroatoms. The molecule has 1 amide bonds. The third-order valence-electron chi connectivity index (χ3n) is 4.14. The summed E-state index contributed by atoms with van der Waals surface area (Å²) in [4.78, 5) is 16.6. The molecule has 1 N–H and O–H groups in total. The van der Waals surface area contributed by atoms with Crippen molar-refractivity contribution in [2.45, 2.75) is 6.54 Å². The summed E-state index contributed by atoms with van der Waals surface area (Å²) in [6, 6.07) is 12.3. The molecule has 0 aromatic heterocycles. The van der Waals surface area contributed by atoms with E-state index in [4.69, 9.17) is 23.2 Å². The maximum Gasteiger partial charge on any atom is 0.257 e. The Labute approximate surface area is 151 Å². The molecule has 1 fully saturated rings. The molecule has 1 saturated heterocycles. The Balaban J connectivity index is 1.60. The van der Waals surface area contributed by atoms with Crippen LogP contribution in [-0.4, -0.2) is 47.0 Å². The molecule has 0 bridgehead atoms. The number of rotatable bonds is 3. The molecule has 3 rings (SSSR count). The third-order valence-corrected chi connectivity index (χ3v) is 4.61. The summed E-state index contributed by atoms with van der Waals surface area (Å²) in [6.07, 6.45) is 0. The van der Waals surface area contributed by atoms with Gasteiger partial charge in [0.05, 0.1) is 5.56 Å². The zero-order valence-electron chi connectivity index (χ0n) is 13.1. The molecule has 0 saturated carbocycles. The number of hydrogen-bond donors (Lipinski definition) is 1. The van der Waals surface area contributed by atoms with Gasteiger partial charge in [-0.1, -0.05) is 35.3 Å². The van der Waals surface area contributed by atoms with Crippen LogP contribution in [0.3, 0.4) is 0 Å². The van der Waals surface area contributed by atoms with E-state index >= 15 is 0 Å². The summed E-state index contributed by atoms with van der Waals surface area (Å²) in [5.74, 6) is -0.219. The van der Waals surface area contributed by atoms with E-state index < -0.39 is 0 Å². The van der Waals surface area contributed by atoms with Crippen LogP contribution >= 0.6 is 23.2 Å². The number of carbonyl (C=O) groups excluding carboxylic acids is 1. The normalized spacial score (nSPS) is 15.5. The smallest absolute Gasteiger partial charge is 0.257 e. The molecule has 0 atom stereocenters.